The molecular weight excluding hydrogens is 94.0 g/mol. The second-order valence-electron chi connectivity index (χ2n) is 0.727. The van der Waals surface area contributed by atoms with Crippen LogP contribution in [-0.2, 0) is 9.53 Å². The van der Waals surface area contributed by atoms with E-state index >= 15 is 0 Å². The zero-order chi connectivity index (χ0) is 4.99. The molecule has 7 heavy (non-hydrogen) atoms. The summed E-state index contributed by atoms with van der Waals surface area (Å²) in [6, 6.07) is 0. The number of carbonyl (C=O) groups excluding carboxylic acids is 1. The highest BCUT2D eigenvalue weighted by Crippen LogP contribution is 1.67. The lowest BCUT2D eigenvalue weighted by Gasteiger charge is -1.83. The lowest BCUT2D eigenvalue weighted by Crippen LogP contribution is -1.91. The largest absolute Gasteiger partial charge is 0.466 e. The highest BCUT2D eigenvalue weighted by molar-refractivity contribution is 5.80. The smallest absolute Gasteiger partial charge is 0.329 e. The maximum atomic E-state index is 9.84. The fourth-order valence-corrected chi connectivity index (χ4v) is 0.0833. The first-order valence-electron chi connectivity index (χ1n) is 1.51. The van der Waals surface area contributed by atoms with Gasteiger partial charge in [-0.05, 0) is 0 Å². The number of hydrogen-bond donors (Lipinski definition) is 1. The Bertz CT molecular complexity index is 70.1. The zero-order valence-electron chi connectivity index (χ0n) is 4.31. The first-order chi connectivity index (χ1) is 2.81. The molecule has 0 atom stereocenters. The van der Waals surface area contributed by atoms with Crippen LogP contribution in [0.15, 0.2) is 12.7 Å². The second-order valence-corrected chi connectivity index (χ2v) is 0.727. The van der Waals surface area contributed by atoms with Gasteiger partial charge in [0.1, 0.15) is 0 Å². The van der Waals surface area contributed by atoms with Gasteiger partial charge in [-0.1, -0.05) is 6.58 Å². The highest BCUT2D eigenvalue weighted by atomic mass is 16.5. The Morgan fingerprint density at radius 3 is 2.29 bits per heavy atom. The number of ether oxygens (including phenoxy) is 1. The Morgan fingerprint density at radius 1 is 1.86 bits per heavy atom. The molecule has 42 valence electrons. The molecule has 0 rings (SSSR count). The lowest BCUT2D eigenvalue weighted by atomic mass is 10.7. The molecule has 0 aliphatic heterocycles. The van der Waals surface area contributed by atoms with E-state index in [1.165, 1.54) is 7.11 Å². The van der Waals surface area contributed by atoms with Crippen LogP contribution in [0.4, 0.5) is 0 Å². The monoisotopic (exact) mass is 103 g/mol. The third-order valence-corrected chi connectivity index (χ3v) is 0.368. The van der Waals surface area contributed by atoms with Crippen molar-refractivity contribution in [3.05, 3.63) is 12.7 Å². The summed E-state index contributed by atoms with van der Waals surface area (Å²) in [5, 5.41) is 0. The Labute approximate surface area is 42.6 Å². The number of methoxy groups -OCH3 is 1. The van der Waals surface area contributed by atoms with Gasteiger partial charge in [0, 0.05) is 6.08 Å². The molecule has 0 aromatic carbocycles. The van der Waals surface area contributed by atoms with Gasteiger partial charge in [-0.3, -0.25) is 0 Å². The number of hydrogen-bond acceptors (Lipinski definition) is 3. The summed E-state index contributed by atoms with van der Waals surface area (Å²) in [7, 11) is 1.31. The van der Waals surface area contributed by atoms with Gasteiger partial charge in [-0.15, -0.1) is 0 Å². The summed E-state index contributed by atoms with van der Waals surface area (Å²) in [6.07, 6.45) is 1.11. The maximum Gasteiger partial charge on any atom is 0.329 e. The second kappa shape index (κ2) is 5.17. The van der Waals surface area contributed by atoms with Gasteiger partial charge in [0.25, 0.3) is 0 Å². The fraction of sp³-hybridized carbons (Fsp3) is 0.250. The van der Waals surface area contributed by atoms with Crippen molar-refractivity contribution < 1.29 is 9.53 Å². The first kappa shape index (κ1) is 9.48. The quantitative estimate of drug-likeness (QED) is 0.388. The van der Waals surface area contributed by atoms with Crippen molar-refractivity contribution in [3.63, 3.8) is 0 Å². The van der Waals surface area contributed by atoms with Crippen molar-refractivity contribution in [3.8, 4) is 0 Å². The van der Waals surface area contributed by atoms with E-state index in [0.717, 1.165) is 6.08 Å². The van der Waals surface area contributed by atoms with Gasteiger partial charge in [-0.25, -0.2) is 4.79 Å². The molecule has 0 unspecified atom stereocenters. The van der Waals surface area contributed by atoms with E-state index in [2.05, 4.69) is 11.3 Å². The number of esters is 1. The molecule has 0 aromatic heterocycles. The van der Waals surface area contributed by atoms with Crippen LogP contribution in [0.1, 0.15) is 0 Å². The van der Waals surface area contributed by atoms with E-state index in [1.54, 1.807) is 0 Å². The van der Waals surface area contributed by atoms with Crippen molar-refractivity contribution in [1.29, 1.82) is 0 Å². The van der Waals surface area contributed by atoms with Crippen LogP contribution in [0.5, 0.6) is 0 Å². The summed E-state index contributed by atoms with van der Waals surface area (Å²) in [4.78, 5) is 9.84. The van der Waals surface area contributed by atoms with Gasteiger partial charge in [0.2, 0.25) is 0 Å². The summed E-state index contributed by atoms with van der Waals surface area (Å²) in [5.74, 6) is -0.394. The Kier molecular flexibility index (Phi) is 7.00. The molecule has 3 nitrogen and oxygen atoms in total. The van der Waals surface area contributed by atoms with Crippen molar-refractivity contribution in [2.75, 3.05) is 7.11 Å². The molecule has 0 fully saturated rings. The standard InChI is InChI=1S/C4H6O2.H3N/c1-3-4(5)6-2;/h3H,1H2,2H3;1H3. The molecule has 0 aromatic rings. The topological polar surface area (TPSA) is 61.3 Å². The summed E-state index contributed by atoms with van der Waals surface area (Å²) < 4.78 is 4.14. The molecule has 0 heterocycles. The SMILES string of the molecule is C=CC(=O)OC.N. The van der Waals surface area contributed by atoms with Gasteiger partial charge in [-0.2, -0.15) is 0 Å². The lowest BCUT2D eigenvalue weighted by molar-refractivity contribution is -0.134. The van der Waals surface area contributed by atoms with E-state index in [-0.39, 0.29) is 6.15 Å². The molecule has 0 amide bonds. The van der Waals surface area contributed by atoms with Crippen LogP contribution in [0.3, 0.4) is 0 Å². The van der Waals surface area contributed by atoms with Crippen molar-refractivity contribution in [2.45, 2.75) is 0 Å². The predicted octanol–water partition coefficient (Wildman–Crippen LogP) is 0.507. The number of rotatable bonds is 1. The molecule has 0 aliphatic carbocycles. The molecule has 0 aliphatic rings. The van der Waals surface area contributed by atoms with E-state index in [4.69, 9.17) is 0 Å². The molecule has 3 heteroatoms. The Balaban J connectivity index is 0. The van der Waals surface area contributed by atoms with E-state index in [0.29, 0.717) is 0 Å². The van der Waals surface area contributed by atoms with Crippen LogP contribution in [0.25, 0.3) is 0 Å². The zero-order valence-corrected chi connectivity index (χ0v) is 4.31. The first-order valence-corrected chi connectivity index (χ1v) is 1.51. The maximum absolute atomic E-state index is 9.84. The van der Waals surface area contributed by atoms with Crippen molar-refractivity contribution in [2.24, 2.45) is 0 Å². The predicted molar refractivity (Wildman–Crippen MR) is 27.2 cm³/mol. The molecule has 0 saturated heterocycles. The minimum atomic E-state index is -0.394. The van der Waals surface area contributed by atoms with Crippen LogP contribution in [-0.4, -0.2) is 13.1 Å². The minimum absolute atomic E-state index is 0. The third-order valence-electron chi connectivity index (χ3n) is 0.368. The van der Waals surface area contributed by atoms with Crippen LogP contribution < -0.4 is 6.15 Å². The van der Waals surface area contributed by atoms with Gasteiger partial charge < -0.3 is 10.9 Å². The normalized spacial score (nSPS) is 5.86. The van der Waals surface area contributed by atoms with Crippen LogP contribution >= 0.6 is 0 Å². The molecule has 0 saturated carbocycles. The fourth-order valence-electron chi connectivity index (χ4n) is 0.0833. The third kappa shape index (κ3) is 5.17. The van der Waals surface area contributed by atoms with E-state index in [1.807, 2.05) is 0 Å². The van der Waals surface area contributed by atoms with Gasteiger partial charge in [0.15, 0.2) is 0 Å². The summed E-state index contributed by atoms with van der Waals surface area (Å²) in [6.45, 7) is 3.16. The molecule has 0 radical (unpaired) electrons. The van der Waals surface area contributed by atoms with E-state index in [9.17, 15) is 4.79 Å². The average molecular weight is 103 g/mol. The Hall–Kier alpha value is -0.830. The Morgan fingerprint density at radius 2 is 2.29 bits per heavy atom. The molecule has 0 bridgehead atoms. The number of carbonyl (C=O) groups is 1. The van der Waals surface area contributed by atoms with Crippen molar-refractivity contribution in [1.82, 2.24) is 6.15 Å². The highest BCUT2D eigenvalue weighted by Gasteiger charge is 1.81. The summed E-state index contributed by atoms with van der Waals surface area (Å²) in [5.41, 5.74) is 0. The molecular formula is C4H9NO2. The van der Waals surface area contributed by atoms with Gasteiger partial charge >= 0.3 is 5.97 Å². The molecule has 0 spiro atoms. The minimum Gasteiger partial charge on any atom is -0.466 e. The van der Waals surface area contributed by atoms with Gasteiger partial charge in [0.05, 0.1) is 7.11 Å². The van der Waals surface area contributed by atoms with Crippen LogP contribution in [0.2, 0.25) is 0 Å². The summed E-state index contributed by atoms with van der Waals surface area (Å²) >= 11 is 0. The van der Waals surface area contributed by atoms with Crippen molar-refractivity contribution >= 4 is 5.97 Å². The van der Waals surface area contributed by atoms with Crippen LogP contribution in [0, 0.1) is 0 Å². The van der Waals surface area contributed by atoms with E-state index < -0.39 is 5.97 Å². The molecule has 3 N–H and O–H groups in total. The average Bonchev–Trinajstić information content (AvgIpc) is 1.65.